The summed E-state index contributed by atoms with van der Waals surface area (Å²) in [4.78, 5) is 12.1. The highest BCUT2D eigenvalue weighted by Crippen LogP contribution is 2.25. The molecular weight excluding hydrogens is 306 g/mol. The van der Waals surface area contributed by atoms with E-state index in [1.807, 2.05) is 6.92 Å². The minimum absolute atomic E-state index is 0.178. The van der Waals surface area contributed by atoms with Crippen LogP contribution in [0.15, 0.2) is 11.1 Å². The third-order valence-corrected chi connectivity index (χ3v) is 5.82. The molecule has 1 aliphatic heterocycles. The molecular formula is C14H23N3O4S. The second-order valence-corrected chi connectivity index (χ2v) is 7.30. The summed E-state index contributed by atoms with van der Waals surface area (Å²) in [5.41, 5.74) is 0.486. The first-order valence-corrected chi connectivity index (χ1v) is 9.05. The van der Waals surface area contributed by atoms with E-state index in [4.69, 9.17) is 4.74 Å². The highest BCUT2D eigenvalue weighted by atomic mass is 32.2. The fraction of sp³-hybridized carbons (Fsp3) is 0.714. The van der Waals surface area contributed by atoms with Gasteiger partial charge in [-0.2, -0.15) is 9.40 Å². The van der Waals surface area contributed by atoms with Gasteiger partial charge in [-0.15, -0.1) is 0 Å². The van der Waals surface area contributed by atoms with Crippen LogP contribution >= 0.6 is 0 Å². The van der Waals surface area contributed by atoms with E-state index in [2.05, 4.69) is 5.10 Å². The van der Waals surface area contributed by atoms with Crippen molar-refractivity contribution in [3.63, 3.8) is 0 Å². The van der Waals surface area contributed by atoms with Gasteiger partial charge in [0.15, 0.2) is 0 Å². The molecule has 124 valence electrons. The summed E-state index contributed by atoms with van der Waals surface area (Å²) in [6.07, 6.45) is 2.88. The predicted octanol–water partition coefficient (Wildman–Crippen LogP) is 1.18. The topological polar surface area (TPSA) is 81.5 Å². The maximum absolute atomic E-state index is 12.8. The number of hydrogen-bond acceptors (Lipinski definition) is 5. The summed E-state index contributed by atoms with van der Waals surface area (Å²) >= 11 is 0. The van der Waals surface area contributed by atoms with E-state index in [0.29, 0.717) is 38.2 Å². The minimum atomic E-state index is -3.62. The van der Waals surface area contributed by atoms with Gasteiger partial charge in [-0.3, -0.25) is 9.48 Å². The third-order valence-electron chi connectivity index (χ3n) is 3.85. The van der Waals surface area contributed by atoms with Crippen LogP contribution in [-0.4, -0.2) is 48.2 Å². The van der Waals surface area contributed by atoms with E-state index in [9.17, 15) is 13.2 Å². The molecule has 1 atom stereocenters. The number of sulfonamides is 1. The molecule has 7 nitrogen and oxygen atoms in total. The van der Waals surface area contributed by atoms with Gasteiger partial charge in [-0.1, -0.05) is 0 Å². The van der Waals surface area contributed by atoms with Crippen LogP contribution in [-0.2, 0) is 26.1 Å². The van der Waals surface area contributed by atoms with Gasteiger partial charge in [0, 0.05) is 25.8 Å². The molecule has 1 aromatic heterocycles. The van der Waals surface area contributed by atoms with Gasteiger partial charge in [-0.25, -0.2) is 8.42 Å². The van der Waals surface area contributed by atoms with Crippen molar-refractivity contribution in [3.8, 4) is 0 Å². The molecule has 8 heteroatoms. The number of ether oxygens (including phenoxy) is 1. The fourth-order valence-electron chi connectivity index (χ4n) is 2.67. The number of esters is 1. The van der Waals surface area contributed by atoms with Crippen molar-refractivity contribution in [3.05, 3.63) is 11.9 Å². The number of carbonyl (C=O) groups excluding carboxylic acids is 1. The van der Waals surface area contributed by atoms with Crippen molar-refractivity contribution in [1.82, 2.24) is 14.1 Å². The lowest BCUT2D eigenvalue weighted by Crippen LogP contribution is -2.42. The highest BCUT2D eigenvalue weighted by Gasteiger charge is 2.35. The van der Waals surface area contributed by atoms with Crippen LogP contribution in [0, 0.1) is 12.8 Å². The van der Waals surface area contributed by atoms with E-state index in [1.54, 1.807) is 24.7 Å². The Morgan fingerprint density at radius 2 is 2.18 bits per heavy atom. The first-order valence-electron chi connectivity index (χ1n) is 7.61. The molecule has 0 N–H and O–H groups in total. The van der Waals surface area contributed by atoms with Crippen LogP contribution < -0.4 is 0 Å². The molecule has 0 amide bonds. The zero-order valence-corrected chi connectivity index (χ0v) is 14.1. The van der Waals surface area contributed by atoms with Crippen molar-refractivity contribution in [2.75, 3.05) is 19.7 Å². The molecule has 0 aromatic carbocycles. The van der Waals surface area contributed by atoms with Crippen LogP contribution in [0.2, 0.25) is 0 Å². The van der Waals surface area contributed by atoms with Crippen molar-refractivity contribution >= 4 is 16.0 Å². The molecule has 22 heavy (non-hydrogen) atoms. The van der Waals surface area contributed by atoms with E-state index in [1.165, 1.54) is 4.31 Å². The molecule has 0 spiro atoms. The number of carbonyl (C=O) groups is 1. The number of rotatable bonds is 5. The maximum atomic E-state index is 12.8. The average molecular weight is 329 g/mol. The second-order valence-electron chi connectivity index (χ2n) is 5.39. The van der Waals surface area contributed by atoms with Crippen LogP contribution in [0.3, 0.4) is 0 Å². The summed E-state index contributed by atoms with van der Waals surface area (Å²) in [5, 5.41) is 4.19. The summed E-state index contributed by atoms with van der Waals surface area (Å²) in [5.74, 6) is -0.701. The van der Waals surface area contributed by atoms with Gasteiger partial charge in [-0.05, 0) is 33.6 Å². The lowest BCUT2D eigenvalue weighted by atomic mass is 10.0. The molecule has 0 aliphatic carbocycles. The number of aryl methyl sites for hydroxylation is 2. The van der Waals surface area contributed by atoms with Crippen LogP contribution in [0.4, 0.5) is 0 Å². The molecule has 0 unspecified atom stereocenters. The monoisotopic (exact) mass is 329 g/mol. The van der Waals surface area contributed by atoms with Gasteiger partial charge in [0.05, 0.1) is 18.2 Å². The van der Waals surface area contributed by atoms with Crippen LogP contribution in [0.5, 0.6) is 0 Å². The standard InChI is InChI=1S/C14H23N3O4S/c1-4-16-10-13(11(3)15-16)22(19,20)17-8-6-7-12(9-17)14(18)21-5-2/h10,12H,4-9H2,1-3H3/t12-/m0/s1. The summed E-state index contributed by atoms with van der Waals surface area (Å²) in [6.45, 7) is 6.86. The lowest BCUT2D eigenvalue weighted by molar-refractivity contribution is -0.149. The Kier molecular flexibility index (Phi) is 5.23. The van der Waals surface area contributed by atoms with Gasteiger partial charge in [0.1, 0.15) is 4.90 Å². The Balaban J connectivity index is 2.21. The molecule has 1 saturated heterocycles. The van der Waals surface area contributed by atoms with Crippen LogP contribution in [0.25, 0.3) is 0 Å². The summed E-state index contributed by atoms with van der Waals surface area (Å²) in [7, 11) is -3.62. The van der Waals surface area contributed by atoms with Crippen molar-refractivity contribution in [1.29, 1.82) is 0 Å². The Labute approximate surface area is 131 Å². The van der Waals surface area contributed by atoms with E-state index in [-0.39, 0.29) is 23.3 Å². The molecule has 0 bridgehead atoms. The maximum Gasteiger partial charge on any atom is 0.310 e. The zero-order chi connectivity index (χ0) is 16.3. The fourth-order valence-corrected chi connectivity index (χ4v) is 4.36. The van der Waals surface area contributed by atoms with Crippen molar-refractivity contribution in [2.24, 2.45) is 5.92 Å². The summed E-state index contributed by atoms with van der Waals surface area (Å²) < 4.78 is 33.6. The van der Waals surface area contributed by atoms with Crippen molar-refractivity contribution in [2.45, 2.75) is 45.1 Å². The largest absolute Gasteiger partial charge is 0.466 e. The second kappa shape index (κ2) is 6.78. The van der Waals surface area contributed by atoms with Gasteiger partial charge in [0.2, 0.25) is 10.0 Å². The Morgan fingerprint density at radius 3 is 2.77 bits per heavy atom. The molecule has 2 rings (SSSR count). The van der Waals surface area contributed by atoms with E-state index < -0.39 is 10.0 Å². The SMILES string of the molecule is CCOC(=O)[C@H]1CCCN(S(=O)(=O)c2cn(CC)nc2C)C1. The molecule has 1 aliphatic rings. The van der Waals surface area contributed by atoms with Gasteiger partial charge in [0.25, 0.3) is 0 Å². The number of piperidine rings is 1. The predicted molar refractivity (Wildman–Crippen MR) is 80.8 cm³/mol. The number of nitrogens with zero attached hydrogens (tertiary/aromatic N) is 3. The van der Waals surface area contributed by atoms with E-state index >= 15 is 0 Å². The van der Waals surface area contributed by atoms with Gasteiger partial charge < -0.3 is 4.74 Å². The Morgan fingerprint density at radius 1 is 1.45 bits per heavy atom. The summed E-state index contributed by atoms with van der Waals surface area (Å²) in [6, 6.07) is 0. The van der Waals surface area contributed by atoms with E-state index in [0.717, 1.165) is 0 Å². The zero-order valence-electron chi connectivity index (χ0n) is 13.3. The smallest absolute Gasteiger partial charge is 0.310 e. The normalized spacial score (nSPS) is 20.0. The minimum Gasteiger partial charge on any atom is -0.466 e. The lowest BCUT2D eigenvalue weighted by Gasteiger charge is -2.30. The number of aromatic nitrogens is 2. The Hall–Kier alpha value is -1.41. The van der Waals surface area contributed by atoms with Crippen LogP contribution in [0.1, 0.15) is 32.4 Å². The number of hydrogen-bond donors (Lipinski definition) is 0. The van der Waals surface area contributed by atoms with Gasteiger partial charge >= 0.3 is 5.97 Å². The highest BCUT2D eigenvalue weighted by molar-refractivity contribution is 7.89. The average Bonchev–Trinajstić information content (AvgIpc) is 2.89. The van der Waals surface area contributed by atoms with Crippen molar-refractivity contribution < 1.29 is 17.9 Å². The molecule has 0 saturated carbocycles. The molecule has 2 heterocycles. The Bertz CT molecular complexity index is 639. The molecule has 0 radical (unpaired) electrons. The first kappa shape index (κ1) is 17.0. The third kappa shape index (κ3) is 3.33. The molecule has 1 fully saturated rings. The first-order chi connectivity index (χ1) is 10.4. The molecule has 1 aromatic rings. The quantitative estimate of drug-likeness (QED) is 0.758.